The molecule has 7 nitrogen and oxygen atoms in total. The maximum Gasteiger partial charge on any atom is 0.416 e. The normalized spacial score (nSPS) is 21.2. The quantitative estimate of drug-likeness (QED) is 0.850. The molecule has 3 rings (SSSR count). The van der Waals surface area contributed by atoms with Crippen LogP contribution < -0.4 is 10.6 Å². The zero-order valence-electron chi connectivity index (χ0n) is 13.1. The third-order valence-corrected chi connectivity index (χ3v) is 4.56. The maximum absolute atomic E-state index is 12.9. The third-order valence-electron chi connectivity index (χ3n) is 3.55. The Morgan fingerprint density at radius 1 is 1.40 bits per heavy atom. The Labute approximate surface area is 145 Å². The highest BCUT2D eigenvalue weighted by molar-refractivity contribution is 7.99. The fraction of sp³-hybridized carbons (Fsp3) is 0.429. The summed E-state index contributed by atoms with van der Waals surface area (Å²) in [6.07, 6.45) is -4.04. The summed E-state index contributed by atoms with van der Waals surface area (Å²) >= 11 is 1.35. The number of alkyl halides is 3. The zero-order valence-corrected chi connectivity index (χ0v) is 13.9. The molecule has 0 saturated carbocycles. The number of rotatable bonds is 4. The Bertz CT molecular complexity index is 765. The molecule has 25 heavy (non-hydrogen) atoms. The van der Waals surface area contributed by atoms with Crippen molar-refractivity contribution in [2.45, 2.75) is 36.8 Å². The number of thioether (sulfide) groups is 1. The molecule has 2 heterocycles. The Morgan fingerprint density at radius 3 is 2.92 bits per heavy atom. The van der Waals surface area contributed by atoms with Crippen molar-refractivity contribution in [2.75, 3.05) is 0 Å². The van der Waals surface area contributed by atoms with Crippen molar-refractivity contribution < 1.29 is 18.0 Å². The zero-order chi connectivity index (χ0) is 18.0. The number of nitrogens with zero attached hydrogens (tertiary/aromatic N) is 4. The molecule has 0 aliphatic carbocycles. The number of halogens is 3. The molecule has 1 fully saturated rings. The molecule has 2 atom stereocenters. The van der Waals surface area contributed by atoms with Crippen LogP contribution in [0.25, 0.3) is 5.69 Å². The minimum absolute atomic E-state index is 0.0470. The van der Waals surface area contributed by atoms with Crippen LogP contribution >= 0.6 is 11.8 Å². The van der Waals surface area contributed by atoms with Crippen LogP contribution in [0, 0.1) is 0 Å². The van der Waals surface area contributed by atoms with Crippen LogP contribution in [0.1, 0.15) is 24.7 Å². The van der Waals surface area contributed by atoms with Gasteiger partial charge in [0.25, 0.3) is 0 Å². The summed E-state index contributed by atoms with van der Waals surface area (Å²) in [7, 11) is 0. The number of carbonyl (C=O) groups is 1. The fourth-order valence-electron chi connectivity index (χ4n) is 2.40. The van der Waals surface area contributed by atoms with Crippen LogP contribution in [-0.2, 0) is 16.7 Å². The third kappa shape index (κ3) is 4.28. The Morgan fingerprint density at radius 2 is 2.20 bits per heavy atom. The van der Waals surface area contributed by atoms with Gasteiger partial charge in [0.1, 0.15) is 5.50 Å². The van der Waals surface area contributed by atoms with Crippen molar-refractivity contribution in [3.05, 3.63) is 35.7 Å². The lowest BCUT2D eigenvalue weighted by Gasteiger charge is -2.28. The van der Waals surface area contributed by atoms with E-state index in [0.717, 1.165) is 12.1 Å². The molecule has 1 aromatic carbocycles. The first-order valence-electron chi connectivity index (χ1n) is 7.45. The van der Waals surface area contributed by atoms with Crippen LogP contribution in [0.2, 0.25) is 0 Å². The van der Waals surface area contributed by atoms with Gasteiger partial charge in [0, 0.05) is 12.5 Å². The lowest BCUT2D eigenvalue weighted by atomic mass is 10.2. The molecule has 2 unspecified atom stereocenters. The predicted octanol–water partition coefficient (Wildman–Crippen LogP) is 1.70. The van der Waals surface area contributed by atoms with E-state index in [1.54, 1.807) is 0 Å². The number of hydrogen-bond donors (Lipinski definition) is 2. The van der Waals surface area contributed by atoms with Crippen molar-refractivity contribution in [3.8, 4) is 5.69 Å². The number of carbonyl (C=O) groups excluding carboxylic acids is 1. The van der Waals surface area contributed by atoms with Crippen LogP contribution in [-0.4, -0.2) is 37.7 Å². The first-order valence-corrected chi connectivity index (χ1v) is 8.50. The summed E-state index contributed by atoms with van der Waals surface area (Å²) in [5, 5.41) is 17.2. The fourth-order valence-corrected chi connectivity index (χ4v) is 3.44. The summed E-state index contributed by atoms with van der Waals surface area (Å²) in [6, 6.07) is 4.84. The molecule has 0 bridgehead atoms. The highest BCUT2D eigenvalue weighted by atomic mass is 32.2. The van der Waals surface area contributed by atoms with E-state index in [-0.39, 0.29) is 23.1 Å². The topological polar surface area (TPSA) is 84.7 Å². The second-order valence-corrected chi connectivity index (χ2v) is 6.68. The molecule has 2 N–H and O–H groups in total. The second kappa shape index (κ2) is 7.00. The van der Waals surface area contributed by atoms with E-state index >= 15 is 0 Å². The molecular weight excluding hydrogens is 357 g/mol. The average molecular weight is 372 g/mol. The van der Waals surface area contributed by atoms with Crippen LogP contribution in [0.4, 0.5) is 13.2 Å². The van der Waals surface area contributed by atoms with Gasteiger partial charge in [-0.3, -0.25) is 10.1 Å². The lowest BCUT2D eigenvalue weighted by molar-refractivity contribution is -0.137. The molecule has 1 aliphatic rings. The smallest absolute Gasteiger partial charge is 0.332 e. The van der Waals surface area contributed by atoms with Gasteiger partial charge in [0.05, 0.1) is 17.0 Å². The van der Waals surface area contributed by atoms with Crippen LogP contribution in [0.15, 0.2) is 24.3 Å². The van der Waals surface area contributed by atoms with Crippen LogP contribution in [0.5, 0.6) is 0 Å². The Kier molecular flexibility index (Phi) is 4.95. The number of nitrogens with one attached hydrogen (secondary N) is 2. The first-order chi connectivity index (χ1) is 11.8. The van der Waals surface area contributed by atoms with E-state index in [0.29, 0.717) is 18.0 Å². The van der Waals surface area contributed by atoms with E-state index in [2.05, 4.69) is 26.2 Å². The molecule has 1 saturated heterocycles. The number of tetrazole rings is 1. The van der Waals surface area contributed by atoms with Gasteiger partial charge in [-0.15, -0.1) is 16.9 Å². The number of aromatic nitrogens is 4. The van der Waals surface area contributed by atoms with Gasteiger partial charge in [-0.1, -0.05) is 6.07 Å². The van der Waals surface area contributed by atoms with Crippen molar-refractivity contribution >= 4 is 17.7 Å². The molecule has 1 aromatic heterocycles. The van der Waals surface area contributed by atoms with Gasteiger partial charge in [-0.2, -0.15) is 17.9 Å². The maximum atomic E-state index is 12.9. The summed E-state index contributed by atoms with van der Waals surface area (Å²) < 4.78 is 39.8. The largest absolute Gasteiger partial charge is 0.416 e. The molecule has 0 spiro atoms. The van der Waals surface area contributed by atoms with Gasteiger partial charge in [-0.25, -0.2) is 0 Å². The van der Waals surface area contributed by atoms with Gasteiger partial charge in [-0.05, 0) is 35.5 Å². The van der Waals surface area contributed by atoms with Crippen molar-refractivity contribution in [1.29, 1.82) is 0 Å². The standard InChI is InChI=1S/C14H15F3N6OS/c1-8-5-12(24)19-13(18-8)25-7-11-20-21-22-23(11)10-4-2-3-9(6-10)14(15,16)17/h2-4,6,8,13,18H,5,7H2,1H3,(H,19,24). The lowest BCUT2D eigenvalue weighted by Crippen LogP contribution is -2.53. The van der Waals surface area contributed by atoms with Gasteiger partial charge in [0.2, 0.25) is 5.91 Å². The molecule has 134 valence electrons. The van der Waals surface area contributed by atoms with Gasteiger partial charge in [0.15, 0.2) is 5.82 Å². The van der Waals surface area contributed by atoms with Gasteiger partial charge < -0.3 is 5.32 Å². The summed E-state index contributed by atoms with van der Waals surface area (Å²) in [5.41, 5.74) is -0.846. The van der Waals surface area contributed by atoms with Gasteiger partial charge >= 0.3 is 6.18 Å². The van der Waals surface area contributed by atoms with E-state index < -0.39 is 11.7 Å². The average Bonchev–Trinajstić information content (AvgIpc) is 3.00. The van der Waals surface area contributed by atoms with E-state index in [4.69, 9.17) is 0 Å². The Hall–Kier alpha value is -2.14. The Balaban J connectivity index is 1.74. The number of benzene rings is 1. The minimum atomic E-state index is -4.44. The molecule has 1 aliphatic heterocycles. The number of amides is 1. The second-order valence-electron chi connectivity index (χ2n) is 5.59. The molecular formula is C14H15F3N6OS. The summed E-state index contributed by atoms with van der Waals surface area (Å²) in [6.45, 7) is 1.90. The molecule has 2 aromatic rings. The van der Waals surface area contributed by atoms with Crippen molar-refractivity contribution in [1.82, 2.24) is 30.8 Å². The van der Waals surface area contributed by atoms with E-state index in [1.807, 2.05) is 6.92 Å². The van der Waals surface area contributed by atoms with Crippen LogP contribution in [0.3, 0.4) is 0 Å². The SMILES string of the molecule is CC1CC(=O)NC(SCc2nnnn2-c2cccc(C(F)(F)F)c2)N1. The van der Waals surface area contributed by atoms with Crippen molar-refractivity contribution in [2.24, 2.45) is 0 Å². The minimum Gasteiger partial charge on any atom is -0.332 e. The summed E-state index contributed by atoms with van der Waals surface area (Å²) in [4.78, 5) is 11.5. The summed E-state index contributed by atoms with van der Waals surface area (Å²) in [5.74, 6) is 0.647. The number of hydrogen-bond acceptors (Lipinski definition) is 6. The first kappa shape index (κ1) is 17.7. The van der Waals surface area contributed by atoms with E-state index in [9.17, 15) is 18.0 Å². The predicted molar refractivity (Wildman–Crippen MR) is 84.6 cm³/mol. The molecule has 0 radical (unpaired) electrons. The molecule has 11 heteroatoms. The highest BCUT2D eigenvalue weighted by Gasteiger charge is 2.31. The van der Waals surface area contributed by atoms with E-state index in [1.165, 1.54) is 28.6 Å². The molecule has 1 amide bonds. The highest BCUT2D eigenvalue weighted by Crippen LogP contribution is 2.30. The monoisotopic (exact) mass is 372 g/mol. The van der Waals surface area contributed by atoms with Crippen molar-refractivity contribution in [3.63, 3.8) is 0 Å².